The lowest BCUT2D eigenvalue weighted by molar-refractivity contribution is -0.143. The van der Waals surface area contributed by atoms with Gasteiger partial charge in [-0.1, -0.05) is 6.07 Å². The first-order chi connectivity index (χ1) is 9.51. The van der Waals surface area contributed by atoms with Crippen molar-refractivity contribution in [2.45, 2.75) is 38.0 Å². The molecule has 118 valence electrons. The lowest BCUT2D eigenvalue weighted by Crippen LogP contribution is -2.13. The fourth-order valence-corrected chi connectivity index (χ4v) is 1.83. The summed E-state index contributed by atoms with van der Waals surface area (Å²) >= 11 is 0. The van der Waals surface area contributed by atoms with Crippen molar-refractivity contribution in [2.75, 3.05) is 0 Å². The maximum absolute atomic E-state index is 12.8. The molecule has 1 aromatic rings. The van der Waals surface area contributed by atoms with E-state index in [4.69, 9.17) is 5.11 Å². The number of hydrogen-bond donors (Lipinski definition) is 1. The molecule has 0 aliphatic heterocycles. The maximum Gasteiger partial charge on any atom is 0.416 e. The van der Waals surface area contributed by atoms with E-state index in [1.165, 1.54) is 0 Å². The normalized spacial score (nSPS) is 12.5. The van der Waals surface area contributed by atoms with Crippen LogP contribution < -0.4 is 0 Å². The van der Waals surface area contributed by atoms with Gasteiger partial charge in [-0.25, -0.2) is 0 Å². The Morgan fingerprint density at radius 1 is 1.00 bits per heavy atom. The van der Waals surface area contributed by atoms with Crippen molar-refractivity contribution in [3.63, 3.8) is 0 Å². The Bertz CT molecular complexity index is 504. The lowest BCUT2D eigenvalue weighted by atomic mass is 9.98. The second kappa shape index (κ2) is 6.36. The van der Waals surface area contributed by atoms with E-state index in [2.05, 4.69) is 0 Å². The van der Waals surface area contributed by atoms with Crippen molar-refractivity contribution in [3.05, 3.63) is 34.9 Å². The largest absolute Gasteiger partial charge is 0.481 e. The van der Waals surface area contributed by atoms with E-state index in [1.807, 2.05) is 0 Å². The van der Waals surface area contributed by atoms with Gasteiger partial charge in [-0.15, -0.1) is 0 Å². The molecule has 0 aliphatic rings. The quantitative estimate of drug-likeness (QED) is 0.641. The highest BCUT2D eigenvalue weighted by atomic mass is 19.4. The smallest absolute Gasteiger partial charge is 0.416 e. The van der Waals surface area contributed by atoms with Gasteiger partial charge in [0.1, 0.15) is 0 Å². The van der Waals surface area contributed by atoms with Gasteiger partial charge in [-0.2, -0.15) is 26.3 Å². The van der Waals surface area contributed by atoms with Crippen LogP contribution in [0.25, 0.3) is 0 Å². The zero-order chi connectivity index (χ0) is 16.3. The van der Waals surface area contributed by atoms with Crippen molar-refractivity contribution in [3.8, 4) is 0 Å². The van der Waals surface area contributed by atoms with E-state index < -0.39 is 29.4 Å². The molecular weight excluding hydrogens is 302 g/mol. The minimum Gasteiger partial charge on any atom is -0.481 e. The van der Waals surface area contributed by atoms with Gasteiger partial charge >= 0.3 is 18.3 Å². The lowest BCUT2D eigenvalue weighted by Gasteiger charge is -2.15. The third kappa shape index (κ3) is 5.28. The Morgan fingerprint density at radius 3 is 2.10 bits per heavy atom. The molecule has 8 heteroatoms. The number of carbonyl (C=O) groups is 1. The molecule has 0 radical (unpaired) electrons. The van der Waals surface area contributed by atoms with Gasteiger partial charge in [-0.3, -0.25) is 4.79 Å². The first kappa shape index (κ1) is 17.3. The van der Waals surface area contributed by atoms with E-state index >= 15 is 0 Å². The van der Waals surface area contributed by atoms with Gasteiger partial charge in [0.2, 0.25) is 0 Å². The van der Waals surface area contributed by atoms with Gasteiger partial charge < -0.3 is 5.11 Å². The minimum atomic E-state index is -4.89. The first-order valence-corrected chi connectivity index (χ1v) is 6.01. The second-order valence-corrected chi connectivity index (χ2v) is 4.47. The first-order valence-electron chi connectivity index (χ1n) is 6.01. The van der Waals surface area contributed by atoms with Crippen LogP contribution in [0.15, 0.2) is 18.2 Å². The molecule has 1 N–H and O–H groups in total. The summed E-state index contributed by atoms with van der Waals surface area (Å²) in [5, 5.41) is 8.42. The summed E-state index contributed by atoms with van der Waals surface area (Å²) in [4.78, 5) is 10.3. The Labute approximate surface area is 116 Å². The number of carboxylic acids is 1. The molecule has 1 aromatic carbocycles. The van der Waals surface area contributed by atoms with Crippen molar-refractivity contribution in [1.29, 1.82) is 0 Å². The molecule has 0 saturated heterocycles. The molecule has 2 nitrogen and oxygen atoms in total. The number of aliphatic carboxylic acids is 1. The predicted octanol–water partition coefficient (Wildman–Crippen LogP) is 4.52. The third-order valence-corrected chi connectivity index (χ3v) is 2.83. The van der Waals surface area contributed by atoms with Crippen molar-refractivity contribution < 1.29 is 36.2 Å². The highest BCUT2D eigenvalue weighted by Crippen LogP contribution is 2.37. The molecule has 0 aromatic heterocycles. The minimum absolute atomic E-state index is 0.0898. The summed E-state index contributed by atoms with van der Waals surface area (Å²) in [6.45, 7) is 0. The average Bonchev–Trinajstić information content (AvgIpc) is 2.32. The van der Waals surface area contributed by atoms with E-state index in [1.54, 1.807) is 0 Å². The van der Waals surface area contributed by atoms with Crippen molar-refractivity contribution in [2.24, 2.45) is 0 Å². The number of hydrogen-bond acceptors (Lipinski definition) is 1. The third-order valence-electron chi connectivity index (χ3n) is 2.83. The maximum atomic E-state index is 12.8. The molecule has 21 heavy (non-hydrogen) atoms. The summed E-state index contributed by atoms with van der Waals surface area (Å²) < 4.78 is 75.7. The number of rotatable bonds is 5. The van der Waals surface area contributed by atoms with Gasteiger partial charge in [0.25, 0.3) is 0 Å². The summed E-state index contributed by atoms with van der Waals surface area (Å²) in [6, 6.07) is 1.49. The van der Waals surface area contributed by atoms with E-state index in [9.17, 15) is 31.1 Å². The molecule has 0 saturated carbocycles. The molecule has 1 rings (SSSR count). The van der Waals surface area contributed by atoms with Crippen LogP contribution in [0.2, 0.25) is 0 Å². The molecule has 0 aliphatic carbocycles. The summed E-state index contributed by atoms with van der Waals surface area (Å²) in [5.74, 6) is -1.07. The van der Waals surface area contributed by atoms with Crippen molar-refractivity contribution in [1.82, 2.24) is 0 Å². The van der Waals surface area contributed by atoms with E-state index in [0.29, 0.717) is 6.07 Å². The topological polar surface area (TPSA) is 37.3 Å². The van der Waals surface area contributed by atoms with E-state index in [-0.39, 0.29) is 37.3 Å². The summed E-state index contributed by atoms with van der Waals surface area (Å²) in [6.07, 6.45) is -9.73. The Balaban J connectivity index is 2.96. The fraction of sp³-hybridized carbons (Fsp3) is 0.462. The van der Waals surface area contributed by atoms with Crippen LogP contribution >= 0.6 is 0 Å². The summed E-state index contributed by atoms with van der Waals surface area (Å²) in [7, 11) is 0. The van der Waals surface area contributed by atoms with Gasteiger partial charge in [-0.05, 0) is 37.0 Å². The molecular formula is C13H12F6O2. The van der Waals surface area contributed by atoms with Crippen molar-refractivity contribution >= 4 is 5.97 Å². The van der Waals surface area contributed by atoms with Crippen LogP contribution in [0.3, 0.4) is 0 Å². The van der Waals surface area contributed by atoms with Crippen LogP contribution in [0, 0.1) is 0 Å². The number of aryl methyl sites for hydroxylation is 1. The number of alkyl halides is 6. The van der Waals surface area contributed by atoms with Crippen LogP contribution in [-0.2, 0) is 23.6 Å². The highest BCUT2D eigenvalue weighted by Gasteiger charge is 2.37. The Kier molecular flexibility index (Phi) is 5.25. The molecule has 0 unspecified atom stereocenters. The fourth-order valence-electron chi connectivity index (χ4n) is 1.83. The number of carboxylic acid groups (broad SMARTS) is 1. The van der Waals surface area contributed by atoms with Gasteiger partial charge in [0.15, 0.2) is 0 Å². The molecule has 0 bridgehead atoms. The van der Waals surface area contributed by atoms with Gasteiger partial charge in [0, 0.05) is 6.42 Å². The van der Waals surface area contributed by atoms with E-state index in [0.717, 1.165) is 6.07 Å². The molecule has 0 spiro atoms. The number of halogens is 6. The molecule has 0 amide bonds. The molecule has 0 fully saturated rings. The van der Waals surface area contributed by atoms with Crippen LogP contribution in [0.1, 0.15) is 36.0 Å². The highest BCUT2D eigenvalue weighted by molar-refractivity contribution is 5.66. The van der Waals surface area contributed by atoms with Gasteiger partial charge in [0.05, 0.1) is 11.1 Å². The molecule has 0 heterocycles. The SMILES string of the molecule is O=C(O)CCCCc1ccc(C(F)(F)F)cc1C(F)(F)F. The summed E-state index contributed by atoms with van der Waals surface area (Å²) in [5.41, 5.74) is -2.95. The Hall–Kier alpha value is -1.73. The number of benzene rings is 1. The second-order valence-electron chi connectivity index (χ2n) is 4.47. The molecule has 0 atom stereocenters. The predicted molar refractivity (Wildman–Crippen MR) is 61.6 cm³/mol. The standard InChI is InChI=1S/C13H12F6O2/c14-12(15,16)9-6-5-8(3-1-2-4-11(20)21)10(7-9)13(17,18)19/h5-7H,1-4H2,(H,20,21). The zero-order valence-corrected chi connectivity index (χ0v) is 10.7. The average molecular weight is 314 g/mol. The zero-order valence-electron chi connectivity index (χ0n) is 10.7. The van der Waals surface area contributed by atoms with Crippen LogP contribution in [0.4, 0.5) is 26.3 Å². The monoisotopic (exact) mass is 314 g/mol. The number of unbranched alkanes of at least 4 members (excludes halogenated alkanes) is 1. The van der Waals surface area contributed by atoms with Crippen LogP contribution in [-0.4, -0.2) is 11.1 Å². The van der Waals surface area contributed by atoms with Crippen LogP contribution in [0.5, 0.6) is 0 Å². The Morgan fingerprint density at radius 2 is 1.62 bits per heavy atom.